The van der Waals surface area contributed by atoms with Crippen molar-refractivity contribution in [3.05, 3.63) is 114 Å². The lowest BCUT2D eigenvalue weighted by molar-refractivity contribution is -0.252. The van der Waals surface area contributed by atoms with Gasteiger partial charge in [-0.25, -0.2) is 9.69 Å². The van der Waals surface area contributed by atoms with Crippen LogP contribution in [0.2, 0.25) is 0 Å². The predicted octanol–water partition coefficient (Wildman–Crippen LogP) is 4.40. The molecule has 3 aromatic carbocycles. The summed E-state index contributed by atoms with van der Waals surface area (Å²) < 4.78 is 18.0. The standard InChI is InChI=1S/C34H37N3O7/c1-3-17-36(2)20-28-18-30(25-11-9-23(21-38)10-12-25)44-33(43-28)26-13-15-27(16-14-26)37-31(39)19-29(32(37)40)35-34(41)42-22-24-7-5-4-6-8-24/h3-16,28-30,33,38H,1,17-22H2,2H3,(H,35,41)/t28-,29?,30+,33+/m1/s1. The third kappa shape index (κ3) is 7.59. The van der Waals surface area contributed by atoms with Crippen molar-refractivity contribution in [2.75, 3.05) is 25.0 Å². The minimum atomic E-state index is -1.01. The normalized spacial score (nSPS) is 21.8. The average molecular weight is 600 g/mol. The summed E-state index contributed by atoms with van der Waals surface area (Å²) in [6, 6.07) is 22.7. The number of alkyl carbamates (subject to hydrolysis) is 1. The van der Waals surface area contributed by atoms with E-state index in [1.807, 2.05) is 67.7 Å². The molecule has 10 nitrogen and oxygen atoms in total. The quantitative estimate of drug-likeness (QED) is 0.246. The van der Waals surface area contributed by atoms with Gasteiger partial charge in [-0.05, 0) is 35.9 Å². The van der Waals surface area contributed by atoms with Crippen molar-refractivity contribution in [1.29, 1.82) is 0 Å². The Morgan fingerprint density at radius 1 is 1.02 bits per heavy atom. The van der Waals surface area contributed by atoms with E-state index in [1.165, 1.54) is 0 Å². The molecule has 0 spiro atoms. The number of ether oxygens (including phenoxy) is 3. The number of nitrogens with one attached hydrogen (secondary N) is 1. The lowest BCUT2D eigenvalue weighted by atomic mass is 9.99. The Labute approximate surface area is 256 Å². The number of aliphatic hydroxyl groups is 1. The Hall–Kier alpha value is -4.35. The summed E-state index contributed by atoms with van der Waals surface area (Å²) in [5.41, 5.74) is 3.74. The van der Waals surface area contributed by atoms with E-state index in [1.54, 1.807) is 24.3 Å². The highest BCUT2D eigenvalue weighted by molar-refractivity contribution is 6.22. The van der Waals surface area contributed by atoms with Crippen LogP contribution in [0.5, 0.6) is 0 Å². The number of rotatable bonds is 11. The SMILES string of the molecule is C=CCN(C)C[C@H]1C[C@@H](c2ccc(CO)cc2)O[C@@H](c2ccc(N3C(=O)CC(NC(=O)OCc4ccccc4)C3=O)cc2)O1. The van der Waals surface area contributed by atoms with Gasteiger partial charge in [-0.2, -0.15) is 0 Å². The molecule has 4 atom stereocenters. The predicted molar refractivity (Wildman–Crippen MR) is 163 cm³/mol. The van der Waals surface area contributed by atoms with Crippen molar-refractivity contribution >= 4 is 23.6 Å². The fraction of sp³-hybridized carbons (Fsp3) is 0.324. The van der Waals surface area contributed by atoms with Crippen molar-refractivity contribution in [2.24, 2.45) is 0 Å². The van der Waals surface area contributed by atoms with E-state index >= 15 is 0 Å². The number of benzene rings is 3. The lowest BCUT2D eigenvalue weighted by Gasteiger charge is -2.37. The van der Waals surface area contributed by atoms with E-state index in [0.717, 1.165) is 27.2 Å². The zero-order valence-electron chi connectivity index (χ0n) is 24.6. The minimum Gasteiger partial charge on any atom is -0.445 e. The Kier molecular flexibility index (Phi) is 10.2. The van der Waals surface area contributed by atoms with Crippen molar-refractivity contribution < 1.29 is 33.7 Å². The summed E-state index contributed by atoms with van der Waals surface area (Å²) in [6.07, 6.45) is 0.517. The Morgan fingerprint density at radius 3 is 2.41 bits per heavy atom. The molecular formula is C34H37N3O7. The zero-order chi connectivity index (χ0) is 31.1. The lowest BCUT2D eigenvalue weighted by Crippen LogP contribution is -2.42. The molecule has 5 rings (SSSR count). The summed E-state index contributed by atoms with van der Waals surface area (Å²) >= 11 is 0. The molecule has 0 saturated carbocycles. The highest BCUT2D eigenvalue weighted by Crippen LogP contribution is 2.38. The van der Waals surface area contributed by atoms with Crippen LogP contribution in [0.15, 0.2) is 91.5 Å². The first-order valence-corrected chi connectivity index (χ1v) is 14.6. The second-order valence-electron chi connectivity index (χ2n) is 11.0. The van der Waals surface area contributed by atoms with Crippen LogP contribution in [0, 0.1) is 0 Å². The molecule has 10 heteroatoms. The number of likely N-dealkylation sites (N-methyl/N-ethyl adjacent to an activating group) is 1. The van der Waals surface area contributed by atoms with Crippen LogP contribution in [0.1, 0.15) is 47.5 Å². The maximum absolute atomic E-state index is 13.1. The van der Waals surface area contributed by atoms with Crippen LogP contribution in [-0.2, 0) is 37.0 Å². The number of anilines is 1. The van der Waals surface area contributed by atoms with Crippen LogP contribution >= 0.6 is 0 Å². The molecule has 2 aliphatic heterocycles. The molecule has 2 saturated heterocycles. The molecule has 0 radical (unpaired) electrons. The van der Waals surface area contributed by atoms with Crippen LogP contribution < -0.4 is 10.2 Å². The van der Waals surface area contributed by atoms with Gasteiger partial charge < -0.3 is 29.5 Å². The fourth-order valence-electron chi connectivity index (χ4n) is 5.38. The zero-order valence-corrected chi connectivity index (χ0v) is 24.6. The maximum atomic E-state index is 13.1. The van der Waals surface area contributed by atoms with Gasteiger partial charge in [0.15, 0.2) is 6.29 Å². The highest BCUT2D eigenvalue weighted by atomic mass is 16.7. The molecule has 2 N–H and O–H groups in total. The van der Waals surface area contributed by atoms with Crippen LogP contribution in [-0.4, -0.2) is 60.2 Å². The van der Waals surface area contributed by atoms with E-state index in [9.17, 15) is 19.5 Å². The fourth-order valence-corrected chi connectivity index (χ4v) is 5.38. The topological polar surface area (TPSA) is 118 Å². The van der Waals surface area contributed by atoms with Gasteiger partial charge >= 0.3 is 6.09 Å². The van der Waals surface area contributed by atoms with Crippen LogP contribution in [0.3, 0.4) is 0 Å². The number of hydrogen-bond acceptors (Lipinski definition) is 8. The van der Waals surface area contributed by atoms with Gasteiger partial charge in [0, 0.05) is 25.1 Å². The van der Waals surface area contributed by atoms with Crippen molar-refractivity contribution in [1.82, 2.24) is 10.2 Å². The number of carbonyl (C=O) groups is 3. The summed E-state index contributed by atoms with van der Waals surface area (Å²) in [6.45, 7) is 5.23. The third-order valence-electron chi connectivity index (χ3n) is 7.65. The minimum absolute atomic E-state index is 0.0317. The van der Waals surface area contributed by atoms with Gasteiger partial charge in [0.2, 0.25) is 5.91 Å². The van der Waals surface area contributed by atoms with Gasteiger partial charge in [-0.3, -0.25) is 9.59 Å². The molecule has 2 heterocycles. The molecule has 230 valence electrons. The first-order valence-electron chi connectivity index (χ1n) is 14.6. The Morgan fingerprint density at radius 2 is 1.73 bits per heavy atom. The molecule has 44 heavy (non-hydrogen) atoms. The van der Waals surface area contributed by atoms with Crippen LogP contribution in [0.4, 0.5) is 10.5 Å². The van der Waals surface area contributed by atoms with Crippen LogP contribution in [0.25, 0.3) is 0 Å². The average Bonchev–Trinajstić information content (AvgIpc) is 3.32. The molecule has 3 amide bonds. The van der Waals surface area contributed by atoms with E-state index in [4.69, 9.17) is 14.2 Å². The number of nitrogens with zero attached hydrogens (tertiary/aromatic N) is 2. The summed E-state index contributed by atoms with van der Waals surface area (Å²) in [7, 11) is 2.00. The Bertz CT molecular complexity index is 1450. The first kappa shape index (κ1) is 31.1. The van der Waals surface area contributed by atoms with Gasteiger partial charge in [0.05, 0.1) is 30.9 Å². The number of aliphatic hydroxyl groups excluding tert-OH is 1. The van der Waals surface area contributed by atoms with Gasteiger partial charge in [-0.1, -0.05) is 72.8 Å². The smallest absolute Gasteiger partial charge is 0.408 e. The molecule has 0 aromatic heterocycles. The summed E-state index contributed by atoms with van der Waals surface area (Å²) in [5, 5.41) is 11.9. The molecule has 1 unspecified atom stereocenters. The van der Waals surface area contributed by atoms with E-state index in [-0.39, 0.29) is 31.8 Å². The van der Waals surface area contributed by atoms with Gasteiger partial charge in [0.25, 0.3) is 5.91 Å². The number of amides is 3. The highest BCUT2D eigenvalue weighted by Gasteiger charge is 2.41. The number of hydrogen-bond donors (Lipinski definition) is 2. The van der Waals surface area contributed by atoms with E-state index in [2.05, 4.69) is 16.8 Å². The summed E-state index contributed by atoms with van der Waals surface area (Å²) in [4.78, 5) is 41.5. The molecule has 0 bridgehead atoms. The van der Waals surface area contributed by atoms with Crippen molar-refractivity contribution in [3.8, 4) is 0 Å². The monoisotopic (exact) mass is 599 g/mol. The third-order valence-corrected chi connectivity index (χ3v) is 7.65. The molecule has 2 aliphatic rings. The first-order chi connectivity index (χ1) is 21.3. The second-order valence-corrected chi connectivity index (χ2v) is 11.0. The molecule has 2 fully saturated rings. The van der Waals surface area contributed by atoms with E-state index < -0.39 is 30.2 Å². The van der Waals surface area contributed by atoms with Crippen molar-refractivity contribution in [2.45, 2.75) is 50.6 Å². The largest absolute Gasteiger partial charge is 0.445 e. The van der Waals surface area contributed by atoms with Crippen molar-refractivity contribution in [3.63, 3.8) is 0 Å². The number of carbonyl (C=O) groups excluding carboxylic acids is 3. The van der Waals surface area contributed by atoms with E-state index in [0.29, 0.717) is 25.2 Å². The molecular weight excluding hydrogens is 562 g/mol. The second kappa shape index (κ2) is 14.4. The number of imide groups is 1. The molecule has 3 aromatic rings. The maximum Gasteiger partial charge on any atom is 0.408 e. The summed E-state index contributed by atoms with van der Waals surface area (Å²) in [5.74, 6) is -0.945. The van der Waals surface area contributed by atoms with Gasteiger partial charge in [0.1, 0.15) is 12.6 Å². The van der Waals surface area contributed by atoms with Gasteiger partial charge in [-0.15, -0.1) is 6.58 Å². The Balaban J connectivity index is 1.25. The molecule has 0 aliphatic carbocycles.